The molecule has 17 atom stereocenters. The van der Waals surface area contributed by atoms with Crippen molar-refractivity contribution < 1.29 is 89.4 Å². The van der Waals surface area contributed by atoms with Gasteiger partial charge in [-0.3, -0.25) is 4.79 Å². The second-order valence-electron chi connectivity index (χ2n) is 34.2. The minimum Gasteiger partial charge on any atom is -0.394 e. The number of carbonyl (C=O) groups excluding carboxylic acids is 1. The van der Waals surface area contributed by atoms with Crippen molar-refractivity contribution in [2.24, 2.45) is 0 Å². The highest BCUT2D eigenvalue weighted by atomic mass is 16.8. The molecule has 0 radical (unpaired) electrons. The third kappa shape index (κ3) is 51.0. The molecule has 662 valence electrons. The van der Waals surface area contributed by atoms with E-state index >= 15 is 0 Å². The zero-order valence-electron chi connectivity index (χ0n) is 71.7. The van der Waals surface area contributed by atoms with Crippen LogP contribution >= 0.6 is 0 Å². The van der Waals surface area contributed by atoms with E-state index in [4.69, 9.17) is 28.4 Å². The molecule has 3 saturated heterocycles. The topological polar surface area (TPSA) is 307 Å². The van der Waals surface area contributed by atoms with Gasteiger partial charge in [-0.15, -0.1) is 0 Å². The first-order chi connectivity index (χ1) is 54.8. The van der Waals surface area contributed by atoms with Gasteiger partial charge in [0.05, 0.1) is 38.6 Å². The van der Waals surface area contributed by atoms with Crippen LogP contribution in [0.1, 0.15) is 431 Å². The summed E-state index contributed by atoms with van der Waals surface area (Å²) < 4.78 is 34.6. The van der Waals surface area contributed by atoms with E-state index in [0.29, 0.717) is 12.8 Å². The fourth-order valence-corrected chi connectivity index (χ4v) is 16.5. The van der Waals surface area contributed by atoms with Crippen molar-refractivity contribution in [3.8, 4) is 0 Å². The Labute approximate surface area is 683 Å². The molecule has 17 unspecified atom stereocenters. The number of hydrogen-bond donors (Lipinski definition) is 12. The van der Waals surface area contributed by atoms with Crippen LogP contribution in [-0.4, -0.2) is 193 Å². The number of nitrogens with one attached hydrogen (secondary N) is 1. The molecule has 3 aliphatic heterocycles. The lowest BCUT2D eigenvalue weighted by Gasteiger charge is -2.48. The van der Waals surface area contributed by atoms with Gasteiger partial charge in [0.1, 0.15) is 73.2 Å². The molecule has 0 aromatic carbocycles. The van der Waals surface area contributed by atoms with E-state index < -0.39 is 124 Å². The maximum absolute atomic E-state index is 13.6. The molecule has 3 fully saturated rings. The number of unbranched alkanes of at least 4 members (excludes halogenated alkanes) is 59. The van der Waals surface area contributed by atoms with Crippen LogP contribution in [0.5, 0.6) is 0 Å². The zero-order chi connectivity index (χ0) is 81.0. The van der Waals surface area contributed by atoms with Gasteiger partial charge in [-0.25, -0.2) is 0 Å². The highest BCUT2D eigenvalue weighted by Gasteiger charge is 2.54. The number of rotatable bonds is 79. The number of amides is 1. The van der Waals surface area contributed by atoms with Crippen LogP contribution in [0.4, 0.5) is 0 Å². The molecule has 0 aliphatic carbocycles. The Morgan fingerprint density at radius 2 is 0.589 bits per heavy atom. The van der Waals surface area contributed by atoms with Crippen molar-refractivity contribution in [3.63, 3.8) is 0 Å². The van der Waals surface area contributed by atoms with Gasteiger partial charge in [0.25, 0.3) is 0 Å². The first-order valence-corrected chi connectivity index (χ1v) is 47.6. The van der Waals surface area contributed by atoms with E-state index in [-0.39, 0.29) is 18.9 Å². The van der Waals surface area contributed by atoms with Gasteiger partial charge in [0, 0.05) is 6.42 Å². The third-order valence-electron chi connectivity index (χ3n) is 24.0. The van der Waals surface area contributed by atoms with Crippen molar-refractivity contribution in [1.29, 1.82) is 0 Å². The van der Waals surface area contributed by atoms with Crippen LogP contribution in [0.25, 0.3) is 0 Å². The van der Waals surface area contributed by atoms with Gasteiger partial charge in [-0.2, -0.15) is 0 Å². The summed E-state index contributed by atoms with van der Waals surface area (Å²) in [5.74, 6) is -0.232. The Kier molecular flexibility index (Phi) is 68.3. The molecule has 0 spiro atoms. The minimum atomic E-state index is -1.97. The molecule has 3 rings (SSSR count). The summed E-state index contributed by atoms with van der Waals surface area (Å²) in [6.07, 6.45) is 65.9. The molecular weight excluding hydrogens is 1420 g/mol. The summed E-state index contributed by atoms with van der Waals surface area (Å²) in [6, 6.07) is -0.887. The number of allylic oxidation sites excluding steroid dienone is 4. The summed E-state index contributed by atoms with van der Waals surface area (Å²) >= 11 is 0. The molecule has 112 heavy (non-hydrogen) atoms. The van der Waals surface area contributed by atoms with Gasteiger partial charge >= 0.3 is 0 Å². The molecule has 0 aromatic rings. The lowest BCUT2D eigenvalue weighted by molar-refractivity contribution is -0.379. The van der Waals surface area contributed by atoms with Gasteiger partial charge in [0.2, 0.25) is 5.91 Å². The van der Waals surface area contributed by atoms with Gasteiger partial charge in [0.15, 0.2) is 18.9 Å². The average Bonchev–Trinajstić information content (AvgIpc) is 0.781. The van der Waals surface area contributed by atoms with Gasteiger partial charge in [-0.1, -0.05) is 404 Å². The summed E-state index contributed by atoms with van der Waals surface area (Å²) in [5.41, 5.74) is 0. The number of aliphatic hydroxyl groups excluding tert-OH is 11. The second kappa shape index (κ2) is 73.2. The van der Waals surface area contributed by atoms with Crippen LogP contribution < -0.4 is 5.32 Å². The molecule has 0 aromatic heterocycles. The van der Waals surface area contributed by atoms with Crippen molar-refractivity contribution >= 4 is 5.91 Å². The molecule has 12 N–H and O–H groups in total. The number of ether oxygens (including phenoxy) is 6. The van der Waals surface area contributed by atoms with E-state index in [1.165, 1.54) is 347 Å². The molecule has 3 aliphatic rings. The van der Waals surface area contributed by atoms with Crippen molar-refractivity contribution in [3.05, 3.63) is 24.3 Å². The highest BCUT2D eigenvalue weighted by Crippen LogP contribution is 2.34. The standard InChI is InChI=1S/C93H177NO18/c1-3-5-7-9-11-13-15-17-19-21-23-25-27-29-31-33-35-36-37-38-39-40-41-43-45-47-49-51-53-55-57-59-61-63-65-67-69-71-81(99)94-76(77(98)70-68-66-64-62-60-58-56-54-52-50-48-46-44-42-34-32-30-28-26-24-22-20-18-16-14-12-10-8-6-4-2)75-107-91-87(105)84(102)89(79(73-96)109-91)112-93-88(106)85(103)90(80(74-97)110-93)111-92-86(104)83(101)82(100)78(72-95)108-92/h15,17,21,23,76-80,82-93,95-98,100-106H,3-14,16,18-20,22,24-75H2,1-2H3,(H,94,99)/b17-15-,23-21-. The fraction of sp³-hybridized carbons (Fsp3) is 0.946. The largest absolute Gasteiger partial charge is 0.394 e. The molecule has 1 amide bonds. The lowest BCUT2D eigenvalue weighted by Crippen LogP contribution is -2.66. The zero-order valence-corrected chi connectivity index (χ0v) is 71.7. The minimum absolute atomic E-state index is 0.232. The van der Waals surface area contributed by atoms with E-state index in [1.807, 2.05) is 0 Å². The average molecular weight is 1600 g/mol. The number of aliphatic hydroxyl groups is 11. The first kappa shape index (κ1) is 104. The van der Waals surface area contributed by atoms with Crippen LogP contribution in [0.2, 0.25) is 0 Å². The molecule has 3 heterocycles. The molecule has 0 bridgehead atoms. The predicted molar refractivity (Wildman–Crippen MR) is 453 cm³/mol. The summed E-state index contributed by atoms with van der Waals surface area (Å²) in [7, 11) is 0. The lowest BCUT2D eigenvalue weighted by atomic mass is 9.96. The molecule has 19 nitrogen and oxygen atoms in total. The van der Waals surface area contributed by atoms with Crippen molar-refractivity contribution in [1.82, 2.24) is 5.32 Å². The van der Waals surface area contributed by atoms with Gasteiger partial charge < -0.3 is 89.9 Å². The Morgan fingerprint density at radius 3 is 0.911 bits per heavy atom. The maximum atomic E-state index is 13.6. The Hall–Kier alpha value is -1.73. The van der Waals surface area contributed by atoms with E-state index in [9.17, 15) is 61.0 Å². The monoisotopic (exact) mass is 1600 g/mol. The first-order valence-electron chi connectivity index (χ1n) is 47.6. The van der Waals surface area contributed by atoms with Crippen LogP contribution in [-0.2, 0) is 33.2 Å². The fourth-order valence-electron chi connectivity index (χ4n) is 16.5. The van der Waals surface area contributed by atoms with E-state index in [0.717, 1.165) is 51.4 Å². The molecule has 19 heteroatoms. The Bertz CT molecular complexity index is 2110. The molecular formula is C93H177NO18. The quantitative estimate of drug-likeness (QED) is 0.0199. The second-order valence-corrected chi connectivity index (χ2v) is 34.2. The third-order valence-corrected chi connectivity index (χ3v) is 24.0. The summed E-state index contributed by atoms with van der Waals surface area (Å²) in [4.78, 5) is 13.6. The predicted octanol–water partition coefficient (Wildman–Crippen LogP) is 18.8. The maximum Gasteiger partial charge on any atom is 0.220 e. The SMILES string of the molecule is CCCCCCC/C=C\C/C=C\CCCCCCCCCCCCCCCCCCCCCCCCCCCC(=O)NC(COC1OC(CO)C(OC2OC(CO)C(OC3OC(CO)C(O)C(O)C3O)C(O)C2O)C(O)C1O)C(O)CCCCCCCCCCCCCCCCCCCCCCCCCCCCCCCC. The summed E-state index contributed by atoms with van der Waals surface area (Å²) in [6.45, 7) is 1.87. The van der Waals surface area contributed by atoms with E-state index in [1.54, 1.807) is 0 Å². The van der Waals surface area contributed by atoms with Crippen LogP contribution in [0.15, 0.2) is 24.3 Å². The smallest absolute Gasteiger partial charge is 0.220 e. The number of hydrogen-bond acceptors (Lipinski definition) is 18. The molecule has 0 saturated carbocycles. The van der Waals surface area contributed by atoms with Crippen molar-refractivity contribution in [2.75, 3.05) is 26.4 Å². The van der Waals surface area contributed by atoms with Crippen molar-refractivity contribution in [2.45, 2.75) is 535 Å². The highest BCUT2D eigenvalue weighted by molar-refractivity contribution is 5.76. The van der Waals surface area contributed by atoms with Crippen LogP contribution in [0, 0.1) is 0 Å². The van der Waals surface area contributed by atoms with Crippen LogP contribution in [0.3, 0.4) is 0 Å². The Balaban J connectivity index is 1.29. The number of carbonyl (C=O) groups is 1. The van der Waals surface area contributed by atoms with E-state index in [2.05, 4.69) is 43.5 Å². The summed E-state index contributed by atoms with van der Waals surface area (Å²) in [5, 5.41) is 121. The van der Waals surface area contributed by atoms with Gasteiger partial charge in [-0.05, 0) is 44.9 Å². The Morgan fingerprint density at radius 1 is 0.321 bits per heavy atom. The normalized spacial score (nSPS) is 25.0.